The van der Waals surface area contributed by atoms with Crippen molar-refractivity contribution in [1.29, 1.82) is 10.5 Å². The maximum absolute atomic E-state index is 12.8. The fourth-order valence-electron chi connectivity index (χ4n) is 1.68. The van der Waals surface area contributed by atoms with E-state index in [1.165, 1.54) is 12.1 Å². The van der Waals surface area contributed by atoms with Gasteiger partial charge in [0.2, 0.25) is 5.71 Å². The second-order valence-electron chi connectivity index (χ2n) is 4.49. The van der Waals surface area contributed by atoms with Gasteiger partial charge < -0.3 is 5.11 Å². The van der Waals surface area contributed by atoms with Crippen LogP contribution in [0.5, 0.6) is 0 Å². The van der Waals surface area contributed by atoms with Crippen LogP contribution in [0.15, 0.2) is 23.3 Å². The summed E-state index contributed by atoms with van der Waals surface area (Å²) in [6, 6.07) is 2.94. The fraction of sp³-hybridized carbons (Fsp3) is 0.250. The smallest absolute Gasteiger partial charge is 0.369 e. The van der Waals surface area contributed by atoms with Crippen molar-refractivity contribution in [2.75, 3.05) is 5.43 Å². The third-order valence-electron chi connectivity index (χ3n) is 2.93. The molecule has 1 aromatic carbocycles. The van der Waals surface area contributed by atoms with Crippen LogP contribution in [0, 0.1) is 32.8 Å². The molecule has 1 rings (SSSR count). The summed E-state index contributed by atoms with van der Waals surface area (Å²) >= 11 is 0. The van der Waals surface area contributed by atoms with Crippen molar-refractivity contribution in [3.8, 4) is 12.1 Å². The van der Waals surface area contributed by atoms with Crippen LogP contribution in [0.25, 0.3) is 0 Å². The van der Waals surface area contributed by atoms with E-state index in [1.54, 1.807) is 0 Å². The molecule has 0 bridgehead atoms. The lowest BCUT2D eigenvalue weighted by molar-refractivity contribution is -0.386. The van der Waals surface area contributed by atoms with E-state index in [-0.39, 0.29) is 12.1 Å². The predicted octanol–water partition coefficient (Wildman–Crippen LogP) is 2.72. The Morgan fingerprint density at radius 1 is 1.15 bits per heavy atom. The van der Waals surface area contributed by atoms with E-state index in [9.17, 15) is 41.6 Å². The van der Waals surface area contributed by atoms with E-state index in [0.717, 1.165) is 0 Å². The Bertz CT molecular complexity index is 804. The minimum Gasteiger partial charge on any atom is -0.369 e. The molecule has 0 aromatic heterocycles. The Hall–Kier alpha value is -3.39. The Balaban J connectivity index is 3.58. The van der Waals surface area contributed by atoms with Gasteiger partial charge in [-0.2, -0.15) is 42.0 Å². The Morgan fingerprint density at radius 2 is 1.65 bits per heavy atom. The number of benzene rings is 1. The molecule has 26 heavy (non-hydrogen) atoms. The van der Waals surface area contributed by atoms with E-state index in [2.05, 4.69) is 5.10 Å². The molecule has 0 aliphatic rings. The van der Waals surface area contributed by atoms with Crippen LogP contribution in [0.2, 0.25) is 0 Å². The largest absolute Gasteiger partial charge is 0.430 e. The van der Waals surface area contributed by atoms with Gasteiger partial charge in [-0.15, -0.1) is 0 Å². The number of hydrogen-bond acceptors (Lipinski definition) is 7. The number of aliphatic hydroxyl groups is 1. The molecule has 0 radical (unpaired) electrons. The number of rotatable bonds is 4. The van der Waals surface area contributed by atoms with Gasteiger partial charge in [-0.1, -0.05) is 6.07 Å². The van der Waals surface area contributed by atoms with Crippen molar-refractivity contribution in [2.45, 2.75) is 18.0 Å². The molecule has 138 valence electrons. The number of nitro groups is 1. The molecule has 8 nitrogen and oxygen atoms in total. The maximum atomic E-state index is 12.8. The first-order chi connectivity index (χ1) is 11.8. The zero-order valence-electron chi connectivity index (χ0n) is 12.1. The summed E-state index contributed by atoms with van der Waals surface area (Å²) in [5, 5.41) is 40.2. The number of hydrazone groups is 1. The number of anilines is 1. The van der Waals surface area contributed by atoms with Crippen LogP contribution in [-0.4, -0.2) is 28.1 Å². The highest BCUT2D eigenvalue weighted by Gasteiger charge is 2.71. The monoisotopic (exact) mass is 381 g/mol. The molecular formula is C12H5F6N5O3. The molecule has 0 amide bonds. The normalized spacial score (nSPS) is 11.9. The van der Waals surface area contributed by atoms with Crippen molar-refractivity contribution < 1.29 is 36.4 Å². The second kappa shape index (κ2) is 6.85. The molecule has 1 aromatic rings. The van der Waals surface area contributed by atoms with Crippen LogP contribution in [-0.2, 0) is 5.60 Å². The van der Waals surface area contributed by atoms with Crippen LogP contribution in [0.1, 0.15) is 5.56 Å². The van der Waals surface area contributed by atoms with Crippen molar-refractivity contribution >= 4 is 17.1 Å². The molecule has 0 fully saturated rings. The minimum atomic E-state index is -6.22. The summed E-state index contributed by atoms with van der Waals surface area (Å²) < 4.78 is 76.9. The molecule has 14 heteroatoms. The molecule has 0 heterocycles. The highest BCUT2D eigenvalue weighted by atomic mass is 19.4. The number of hydrogen-bond donors (Lipinski definition) is 2. The average molecular weight is 381 g/mol. The van der Waals surface area contributed by atoms with Crippen LogP contribution in [0.4, 0.5) is 37.7 Å². The number of alkyl halides is 6. The molecule has 0 saturated heterocycles. The fourth-order valence-corrected chi connectivity index (χ4v) is 1.68. The highest BCUT2D eigenvalue weighted by Crippen LogP contribution is 2.50. The second-order valence-corrected chi connectivity index (χ2v) is 4.49. The minimum absolute atomic E-state index is 0.142. The van der Waals surface area contributed by atoms with E-state index in [1.807, 2.05) is 5.43 Å². The molecular weight excluding hydrogens is 376 g/mol. The number of nitrogens with zero attached hydrogens (tertiary/aromatic N) is 4. The SMILES string of the molecule is N#CC(C#N)=NNc1ccc(C(O)(C(F)(F)F)C(F)(F)F)cc1[N+](=O)[O-]. The lowest BCUT2D eigenvalue weighted by Gasteiger charge is -2.32. The molecule has 0 aliphatic carbocycles. The topological polar surface area (TPSA) is 135 Å². The standard InChI is InChI=1S/C12H5F6N5O3/c13-11(14,15)10(24,12(16,17)18)6-1-2-8(9(3-6)23(25)26)22-21-7(4-19)5-20/h1-3,22,24H. The average Bonchev–Trinajstić information content (AvgIpc) is 2.52. The first kappa shape index (κ1) is 20.7. The Kier molecular flexibility index (Phi) is 5.44. The summed E-state index contributed by atoms with van der Waals surface area (Å²) in [5.74, 6) is 0. The van der Waals surface area contributed by atoms with Gasteiger partial charge >= 0.3 is 12.4 Å². The van der Waals surface area contributed by atoms with Gasteiger partial charge in [-0.3, -0.25) is 15.5 Å². The summed E-state index contributed by atoms with van der Waals surface area (Å²) in [6.07, 6.45) is -12.4. The lowest BCUT2D eigenvalue weighted by atomic mass is 9.91. The Labute approximate surface area is 139 Å². The summed E-state index contributed by atoms with van der Waals surface area (Å²) in [5.41, 5.74) is -8.23. The van der Waals surface area contributed by atoms with Crippen LogP contribution >= 0.6 is 0 Å². The summed E-state index contributed by atoms with van der Waals surface area (Å²) in [7, 11) is 0. The third-order valence-corrected chi connectivity index (χ3v) is 2.93. The zero-order valence-corrected chi connectivity index (χ0v) is 12.1. The van der Waals surface area contributed by atoms with Gasteiger partial charge in [0.25, 0.3) is 11.3 Å². The van der Waals surface area contributed by atoms with Gasteiger partial charge in [-0.05, 0) is 6.07 Å². The summed E-state index contributed by atoms with van der Waals surface area (Å²) in [6.45, 7) is 0. The third kappa shape index (κ3) is 3.65. The van der Waals surface area contributed by atoms with E-state index in [4.69, 9.17) is 10.5 Å². The van der Waals surface area contributed by atoms with Crippen molar-refractivity contribution in [3.63, 3.8) is 0 Å². The number of nitriles is 2. The molecule has 2 N–H and O–H groups in total. The number of nitro benzene ring substituents is 1. The van der Waals surface area contributed by atoms with Gasteiger partial charge in [-0.25, -0.2) is 0 Å². The van der Waals surface area contributed by atoms with E-state index >= 15 is 0 Å². The van der Waals surface area contributed by atoms with Gasteiger partial charge in [0.05, 0.1) is 4.92 Å². The van der Waals surface area contributed by atoms with Gasteiger partial charge in [0.15, 0.2) is 0 Å². The number of nitrogens with one attached hydrogen (secondary N) is 1. The van der Waals surface area contributed by atoms with Gasteiger partial charge in [0.1, 0.15) is 17.8 Å². The highest BCUT2D eigenvalue weighted by molar-refractivity contribution is 6.10. The first-order valence-corrected chi connectivity index (χ1v) is 6.08. The zero-order chi connectivity index (χ0) is 20.3. The molecule has 0 atom stereocenters. The summed E-state index contributed by atoms with van der Waals surface area (Å²) in [4.78, 5) is 9.59. The quantitative estimate of drug-likeness (QED) is 0.356. The maximum Gasteiger partial charge on any atom is 0.430 e. The molecule has 0 saturated carbocycles. The molecule has 0 aliphatic heterocycles. The predicted molar refractivity (Wildman–Crippen MR) is 71.4 cm³/mol. The lowest BCUT2D eigenvalue weighted by Crippen LogP contribution is -2.53. The van der Waals surface area contributed by atoms with E-state index in [0.29, 0.717) is 6.07 Å². The van der Waals surface area contributed by atoms with Crippen LogP contribution < -0.4 is 5.43 Å². The first-order valence-electron chi connectivity index (χ1n) is 6.08. The van der Waals surface area contributed by atoms with Crippen molar-refractivity contribution in [1.82, 2.24) is 0 Å². The van der Waals surface area contributed by atoms with Gasteiger partial charge in [0, 0.05) is 11.6 Å². The number of halogens is 6. The van der Waals surface area contributed by atoms with Crippen molar-refractivity contribution in [3.05, 3.63) is 33.9 Å². The Morgan fingerprint density at radius 3 is 2.04 bits per heavy atom. The van der Waals surface area contributed by atoms with Crippen molar-refractivity contribution in [2.24, 2.45) is 5.10 Å². The van der Waals surface area contributed by atoms with E-state index < -0.39 is 45.5 Å². The molecule has 0 spiro atoms. The molecule has 0 unspecified atom stereocenters. The van der Waals surface area contributed by atoms with Crippen LogP contribution in [0.3, 0.4) is 0 Å².